The second-order valence-electron chi connectivity index (χ2n) is 4.71. The first-order chi connectivity index (χ1) is 9.78. The fraction of sp³-hybridized carbons (Fsp3) is 0.438. The maximum absolute atomic E-state index is 5.79. The summed E-state index contributed by atoms with van der Waals surface area (Å²) in [5.74, 6) is 0. The molecule has 0 aliphatic heterocycles. The van der Waals surface area contributed by atoms with Gasteiger partial charge in [-0.25, -0.2) is 4.98 Å². The average molecular weight is 290 g/mol. The van der Waals surface area contributed by atoms with Crippen molar-refractivity contribution in [1.29, 1.82) is 0 Å². The van der Waals surface area contributed by atoms with Crippen LogP contribution in [0.3, 0.4) is 0 Å². The molecule has 2 N–H and O–H groups in total. The molecule has 0 spiro atoms. The van der Waals surface area contributed by atoms with E-state index in [-0.39, 0.29) is 6.10 Å². The predicted molar refractivity (Wildman–Crippen MR) is 84.7 cm³/mol. The molecule has 0 saturated carbocycles. The Labute approximate surface area is 124 Å². The monoisotopic (exact) mass is 290 g/mol. The van der Waals surface area contributed by atoms with E-state index in [1.54, 1.807) is 11.3 Å². The smallest absolute Gasteiger partial charge is 0.122 e. The standard InChI is InChI=1S/C16H22N2OS/c1-3-6-15(19-4-2)16-18-14(11-20-16)13-8-5-7-12(9-13)10-17/h5,7-9,11,15H,3-4,6,10,17H2,1-2H3. The Hall–Kier alpha value is -1.23. The number of nitrogens with zero attached hydrogens (tertiary/aromatic N) is 1. The van der Waals surface area contributed by atoms with E-state index in [0.717, 1.165) is 41.3 Å². The van der Waals surface area contributed by atoms with Crippen molar-refractivity contribution in [2.24, 2.45) is 5.73 Å². The molecule has 2 aromatic rings. The second-order valence-corrected chi connectivity index (χ2v) is 5.60. The lowest BCUT2D eigenvalue weighted by Gasteiger charge is -2.12. The molecule has 0 aliphatic rings. The first kappa shape index (κ1) is 15.2. The Morgan fingerprint density at radius 2 is 2.20 bits per heavy atom. The van der Waals surface area contributed by atoms with Crippen LogP contribution in [0, 0.1) is 0 Å². The second kappa shape index (κ2) is 7.53. The van der Waals surface area contributed by atoms with Crippen LogP contribution in [-0.4, -0.2) is 11.6 Å². The lowest BCUT2D eigenvalue weighted by molar-refractivity contribution is 0.0555. The molecule has 0 bridgehead atoms. The highest BCUT2D eigenvalue weighted by atomic mass is 32.1. The van der Waals surface area contributed by atoms with Crippen LogP contribution in [0.4, 0.5) is 0 Å². The highest BCUT2D eigenvalue weighted by Gasteiger charge is 2.15. The zero-order chi connectivity index (χ0) is 14.4. The van der Waals surface area contributed by atoms with Crippen LogP contribution in [0.5, 0.6) is 0 Å². The van der Waals surface area contributed by atoms with Crippen LogP contribution in [0.25, 0.3) is 11.3 Å². The number of benzene rings is 1. The van der Waals surface area contributed by atoms with Gasteiger partial charge in [-0.3, -0.25) is 0 Å². The molecule has 108 valence electrons. The first-order valence-electron chi connectivity index (χ1n) is 7.14. The van der Waals surface area contributed by atoms with Crippen molar-refractivity contribution in [3.8, 4) is 11.3 Å². The minimum atomic E-state index is 0.126. The van der Waals surface area contributed by atoms with Crippen molar-refractivity contribution in [3.05, 3.63) is 40.2 Å². The van der Waals surface area contributed by atoms with Gasteiger partial charge >= 0.3 is 0 Å². The van der Waals surface area contributed by atoms with Gasteiger partial charge in [0, 0.05) is 24.1 Å². The normalized spacial score (nSPS) is 12.6. The van der Waals surface area contributed by atoms with Crippen LogP contribution in [0.1, 0.15) is 43.4 Å². The van der Waals surface area contributed by atoms with E-state index in [2.05, 4.69) is 24.4 Å². The number of thiazole rings is 1. The van der Waals surface area contributed by atoms with E-state index in [1.165, 1.54) is 0 Å². The number of aromatic nitrogens is 1. The van der Waals surface area contributed by atoms with Gasteiger partial charge in [0.05, 0.1) is 5.69 Å². The average Bonchev–Trinajstić information content (AvgIpc) is 2.97. The zero-order valence-electron chi connectivity index (χ0n) is 12.1. The maximum Gasteiger partial charge on any atom is 0.122 e. The van der Waals surface area contributed by atoms with Gasteiger partial charge in [0.1, 0.15) is 11.1 Å². The van der Waals surface area contributed by atoms with Crippen LogP contribution < -0.4 is 5.73 Å². The third kappa shape index (κ3) is 3.66. The maximum atomic E-state index is 5.79. The fourth-order valence-corrected chi connectivity index (χ4v) is 3.08. The van der Waals surface area contributed by atoms with Gasteiger partial charge in [-0.1, -0.05) is 31.5 Å². The number of rotatable bonds is 7. The summed E-state index contributed by atoms with van der Waals surface area (Å²) < 4.78 is 5.79. The Morgan fingerprint density at radius 3 is 2.90 bits per heavy atom. The van der Waals surface area contributed by atoms with Crippen LogP contribution >= 0.6 is 11.3 Å². The molecule has 1 aromatic heterocycles. The molecule has 0 amide bonds. The van der Waals surface area contributed by atoms with Gasteiger partial charge in [0.2, 0.25) is 0 Å². The van der Waals surface area contributed by atoms with E-state index in [4.69, 9.17) is 15.5 Å². The molecule has 20 heavy (non-hydrogen) atoms. The van der Waals surface area contributed by atoms with Crippen molar-refractivity contribution in [2.75, 3.05) is 6.61 Å². The van der Waals surface area contributed by atoms with Crippen molar-refractivity contribution >= 4 is 11.3 Å². The van der Waals surface area contributed by atoms with Crippen LogP contribution in [-0.2, 0) is 11.3 Å². The van der Waals surface area contributed by atoms with Crippen LogP contribution in [0.15, 0.2) is 29.6 Å². The topological polar surface area (TPSA) is 48.1 Å². The summed E-state index contributed by atoms with van der Waals surface area (Å²) in [6.45, 7) is 5.48. The minimum absolute atomic E-state index is 0.126. The van der Waals surface area contributed by atoms with E-state index in [1.807, 2.05) is 19.1 Å². The van der Waals surface area contributed by atoms with Gasteiger partial charge < -0.3 is 10.5 Å². The Kier molecular flexibility index (Phi) is 5.71. The SMILES string of the molecule is CCCC(OCC)c1nc(-c2cccc(CN)c2)cs1. The summed E-state index contributed by atoms with van der Waals surface area (Å²) in [4.78, 5) is 4.75. The van der Waals surface area contributed by atoms with Gasteiger partial charge in [-0.05, 0) is 25.0 Å². The Morgan fingerprint density at radius 1 is 1.35 bits per heavy atom. The highest BCUT2D eigenvalue weighted by molar-refractivity contribution is 7.10. The fourth-order valence-electron chi connectivity index (χ4n) is 2.17. The molecule has 0 aliphatic carbocycles. The molecular formula is C16H22N2OS. The minimum Gasteiger partial charge on any atom is -0.371 e. The molecular weight excluding hydrogens is 268 g/mol. The number of nitrogens with two attached hydrogens (primary N) is 1. The van der Waals surface area contributed by atoms with Crippen molar-refractivity contribution in [1.82, 2.24) is 4.98 Å². The number of hydrogen-bond acceptors (Lipinski definition) is 4. The van der Waals surface area contributed by atoms with Crippen molar-refractivity contribution < 1.29 is 4.74 Å². The summed E-state index contributed by atoms with van der Waals surface area (Å²) in [6.07, 6.45) is 2.24. The highest BCUT2D eigenvalue weighted by Crippen LogP contribution is 2.30. The summed E-state index contributed by atoms with van der Waals surface area (Å²) in [5, 5.41) is 3.17. The van der Waals surface area contributed by atoms with Gasteiger partial charge in [-0.2, -0.15) is 0 Å². The van der Waals surface area contributed by atoms with E-state index < -0.39 is 0 Å². The third-order valence-electron chi connectivity index (χ3n) is 3.17. The molecule has 1 atom stereocenters. The zero-order valence-corrected chi connectivity index (χ0v) is 13.0. The molecule has 2 rings (SSSR count). The molecule has 0 radical (unpaired) electrons. The van der Waals surface area contributed by atoms with E-state index in [0.29, 0.717) is 6.54 Å². The summed E-state index contributed by atoms with van der Waals surface area (Å²) >= 11 is 1.68. The Balaban J connectivity index is 2.22. The van der Waals surface area contributed by atoms with Crippen LogP contribution in [0.2, 0.25) is 0 Å². The molecule has 3 nitrogen and oxygen atoms in total. The van der Waals surface area contributed by atoms with Crippen molar-refractivity contribution in [2.45, 2.75) is 39.3 Å². The molecule has 1 heterocycles. The van der Waals surface area contributed by atoms with E-state index in [9.17, 15) is 0 Å². The molecule has 1 unspecified atom stereocenters. The predicted octanol–water partition coefficient (Wildman–Crippen LogP) is 4.15. The summed E-state index contributed by atoms with van der Waals surface area (Å²) in [6, 6.07) is 8.25. The van der Waals surface area contributed by atoms with Gasteiger partial charge in [-0.15, -0.1) is 11.3 Å². The molecule has 0 fully saturated rings. The quantitative estimate of drug-likeness (QED) is 0.833. The van der Waals surface area contributed by atoms with Crippen molar-refractivity contribution in [3.63, 3.8) is 0 Å². The summed E-state index contributed by atoms with van der Waals surface area (Å²) in [5.41, 5.74) is 8.96. The number of hydrogen-bond donors (Lipinski definition) is 1. The van der Waals surface area contributed by atoms with Gasteiger partial charge in [0.15, 0.2) is 0 Å². The first-order valence-corrected chi connectivity index (χ1v) is 8.02. The number of ether oxygens (including phenoxy) is 1. The summed E-state index contributed by atoms with van der Waals surface area (Å²) in [7, 11) is 0. The largest absolute Gasteiger partial charge is 0.371 e. The third-order valence-corrected chi connectivity index (χ3v) is 4.11. The molecule has 1 aromatic carbocycles. The van der Waals surface area contributed by atoms with E-state index >= 15 is 0 Å². The lowest BCUT2D eigenvalue weighted by Crippen LogP contribution is -2.03. The lowest BCUT2D eigenvalue weighted by atomic mass is 10.1. The Bertz CT molecular complexity index is 533. The molecule has 4 heteroatoms. The molecule has 0 saturated heterocycles. The van der Waals surface area contributed by atoms with Gasteiger partial charge in [0.25, 0.3) is 0 Å².